The van der Waals surface area contributed by atoms with E-state index in [-0.39, 0.29) is 35.7 Å². The van der Waals surface area contributed by atoms with Crippen LogP contribution >= 0.6 is 0 Å². The molecule has 2 aromatic heterocycles. The molecule has 2 fully saturated rings. The Bertz CT molecular complexity index is 1670. The summed E-state index contributed by atoms with van der Waals surface area (Å²) in [4.78, 5) is 48.6. The van der Waals surface area contributed by atoms with E-state index in [2.05, 4.69) is 25.6 Å². The van der Waals surface area contributed by atoms with E-state index in [1.807, 2.05) is 30.3 Å². The molecule has 2 amide bonds. The molecule has 0 aliphatic carbocycles. The minimum Gasteiger partial charge on any atom is -0.478 e. The van der Waals surface area contributed by atoms with Crippen molar-refractivity contribution >= 4 is 35.0 Å². The summed E-state index contributed by atoms with van der Waals surface area (Å²) in [5.41, 5.74) is 1.22. The lowest BCUT2D eigenvalue weighted by Crippen LogP contribution is -2.32. The van der Waals surface area contributed by atoms with Crippen molar-refractivity contribution in [3.63, 3.8) is 0 Å². The number of imidazole rings is 1. The number of ether oxygens (including phenoxy) is 4. The molecule has 4 N–H and O–H groups in total. The van der Waals surface area contributed by atoms with E-state index in [4.69, 9.17) is 18.9 Å². The number of urea groups is 1. The van der Waals surface area contributed by atoms with Crippen LogP contribution in [0, 0.1) is 0 Å². The maximum absolute atomic E-state index is 12.1. The van der Waals surface area contributed by atoms with Gasteiger partial charge in [-0.2, -0.15) is 0 Å². The second-order valence-corrected chi connectivity index (χ2v) is 10.00. The fourth-order valence-corrected chi connectivity index (χ4v) is 5.32. The third-order valence-electron chi connectivity index (χ3n) is 7.29. The summed E-state index contributed by atoms with van der Waals surface area (Å²) < 4.78 is 26.6. The number of rotatable bonds is 10. The van der Waals surface area contributed by atoms with Gasteiger partial charge in [0.15, 0.2) is 29.5 Å². The Kier molecular flexibility index (Phi) is 8.17. The van der Waals surface area contributed by atoms with Gasteiger partial charge in [0.05, 0.1) is 30.7 Å². The molecule has 2 aromatic carbocycles. The molecule has 0 radical (unpaired) electrons. The number of amides is 2. The van der Waals surface area contributed by atoms with Crippen LogP contribution in [0.25, 0.3) is 11.2 Å². The number of carbonyl (C=O) groups is 3. The van der Waals surface area contributed by atoms with Gasteiger partial charge in [-0.15, -0.1) is 0 Å². The number of carboxylic acids is 2. The van der Waals surface area contributed by atoms with E-state index < -0.39 is 48.8 Å². The van der Waals surface area contributed by atoms with Crippen molar-refractivity contribution in [2.75, 3.05) is 18.5 Å². The predicted octanol–water partition coefficient (Wildman–Crippen LogP) is 2.96. The maximum Gasteiger partial charge on any atom is 0.336 e. The Labute approximate surface area is 249 Å². The lowest BCUT2D eigenvalue weighted by Gasteiger charge is -2.21. The number of benzene rings is 2. The van der Waals surface area contributed by atoms with Crippen molar-refractivity contribution in [1.82, 2.24) is 24.8 Å². The van der Waals surface area contributed by atoms with Crippen LogP contribution in [-0.2, 0) is 25.6 Å². The van der Waals surface area contributed by atoms with Crippen molar-refractivity contribution in [2.24, 2.45) is 0 Å². The molecule has 6 rings (SSSR count). The molecule has 0 bridgehead atoms. The number of hydrogen-bond acceptors (Lipinski definition) is 10. The molecule has 2 saturated heterocycles. The number of fused-ring (bicyclic) bond motifs is 2. The highest BCUT2D eigenvalue weighted by molar-refractivity contribution is 5.97. The average Bonchev–Trinajstić information content (AvgIpc) is 3.72. The Balaban J connectivity index is 1.27. The number of nitrogens with one attached hydrogen (secondary N) is 2. The number of aromatic carboxylic acids is 2. The van der Waals surface area contributed by atoms with Crippen LogP contribution in [0.4, 0.5) is 10.6 Å². The van der Waals surface area contributed by atoms with Crippen molar-refractivity contribution < 1.29 is 43.5 Å². The highest BCUT2D eigenvalue weighted by atomic mass is 16.8. The van der Waals surface area contributed by atoms with Gasteiger partial charge in [-0.05, 0) is 19.1 Å². The van der Waals surface area contributed by atoms with Gasteiger partial charge < -0.3 is 34.5 Å². The topological polar surface area (TPSA) is 196 Å². The molecule has 4 unspecified atom stereocenters. The molecular weight excluding hydrogens is 576 g/mol. The molecule has 15 nitrogen and oxygen atoms in total. The largest absolute Gasteiger partial charge is 0.478 e. The summed E-state index contributed by atoms with van der Waals surface area (Å²) in [6, 6.07) is 13.0. The van der Waals surface area contributed by atoms with Gasteiger partial charge >= 0.3 is 18.0 Å². The summed E-state index contributed by atoms with van der Waals surface area (Å²) >= 11 is 0. The predicted molar refractivity (Wildman–Crippen MR) is 151 cm³/mol. The summed E-state index contributed by atoms with van der Waals surface area (Å²) in [6.07, 6.45) is -0.627. The van der Waals surface area contributed by atoms with Crippen molar-refractivity contribution in [3.05, 3.63) is 83.4 Å². The fourth-order valence-electron chi connectivity index (χ4n) is 5.32. The SMILES string of the molecule is CCNC(=O)Nc1ncnc2c1ncn2C1OC(COCc2c(C(=O)O)cccc2C(=O)O)C2O[C@H](c3ccccc3)OC21. The number of anilines is 1. The van der Waals surface area contributed by atoms with Gasteiger partial charge in [0, 0.05) is 17.7 Å². The van der Waals surface area contributed by atoms with Crippen LogP contribution in [0.1, 0.15) is 51.3 Å². The van der Waals surface area contributed by atoms with Gasteiger partial charge in [0.1, 0.15) is 24.6 Å². The second kappa shape index (κ2) is 12.3. The first kappa shape index (κ1) is 29.1. The molecule has 2 aliphatic rings. The third kappa shape index (κ3) is 5.56. The first-order valence-electron chi connectivity index (χ1n) is 13.8. The van der Waals surface area contributed by atoms with Crippen LogP contribution in [0.2, 0.25) is 0 Å². The van der Waals surface area contributed by atoms with Gasteiger partial charge in [0.25, 0.3) is 0 Å². The van der Waals surface area contributed by atoms with Crippen molar-refractivity contribution in [2.45, 2.75) is 44.4 Å². The first-order valence-corrected chi connectivity index (χ1v) is 13.8. The molecule has 4 aromatic rings. The zero-order valence-electron chi connectivity index (χ0n) is 23.3. The Morgan fingerprint density at radius 2 is 1.66 bits per heavy atom. The van der Waals surface area contributed by atoms with Crippen LogP contribution in [0.3, 0.4) is 0 Å². The average molecular weight is 605 g/mol. The normalized spacial score (nSPS) is 22.5. The fraction of sp³-hybridized carbons (Fsp3) is 0.310. The lowest BCUT2D eigenvalue weighted by atomic mass is 10.0. The Morgan fingerprint density at radius 1 is 0.932 bits per heavy atom. The number of hydrogen-bond donors (Lipinski definition) is 4. The number of nitrogens with zero attached hydrogens (tertiary/aromatic N) is 4. The molecule has 228 valence electrons. The molecule has 44 heavy (non-hydrogen) atoms. The molecule has 0 saturated carbocycles. The van der Waals surface area contributed by atoms with Crippen LogP contribution in [0.5, 0.6) is 0 Å². The van der Waals surface area contributed by atoms with E-state index >= 15 is 0 Å². The molecule has 15 heteroatoms. The van der Waals surface area contributed by atoms with Crippen molar-refractivity contribution in [1.29, 1.82) is 0 Å². The first-order chi connectivity index (χ1) is 21.4. The minimum absolute atomic E-state index is 0.0359. The number of carbonyl (C=O) groups excluding carboxylic acids is 1. The van der Waals surface area contributed by atoms with E-state index in [0.717, 1.165) is 5.56 Å². The minimum atomic E-state index is -1.27. The lowest BCUT2D eigenvalue weighted by molar-refractivity contribution is -0.158. The zero-order valence-corrected chi connectivity index (χ0v) is 23.3. The van der Waals surface area contributed by atoms with Gasteiger partial charge in [0.2, 0.25) is 0 Å². The molecule has 2 aliphatic heterocycles. The summed E-state index contributed by atoms with van der Waals surface area (Å²) in [5, 5.41) is 24.5. The van der Waals surface area contributed by atoms with Gasteiger partial charge in [-0.25, -0.2) is 29.3 Å². The Morgan fingerprint density at radius 3 is 2.36 bits per heavy atom. The maximum atomic E-state index is 12.1. The summed E-state index contributed by atoms with van der Waals surface area (Å²) in [7, 11) is 0. The monoisotopic (exact) mass is 604 g/mol. The van der Waals surface area contributed by atoms with E-state index in [9.17, 15) is 24.6 Å². The van der Waals surface area contributed by atoms with Gasteiger partial charge in [-0.3, -0.25) is 9.88 Å². The van der Waals surface area contributed by atoms with Crippen molar-refractivity contribution in [3.8, 4) is 0 Å². The molecule has 5 atom stereocenters. The highest BCUT2D eigenvalue weighted by Gasteiger charge is 2.54. The Hall–Kier alpha value is -4.96. The van der Waals surface area contributed by atoms with Crippen LogP contribution < -0.4 is 10.6 Å². The molecule has 4 heterocycles. The number of aromatic nitrogens is 4. The second-order valence-electron chi connectivity index (χ2n) is 10.00. The van der Waals surface area contributed by atoms with E-state index in [1.54, 1.807) is 11.5 Å². The molecular formula is C29H28N6O9. The highest BCUT2D eigenvalue weighted by Crippen LogP contribution is 2.45. The van der Waals surface area contributed by atoms with Crippen LogP contribution in [-0.4, -0.2) is 79.2 Å². The number of carboxylic acid groups (broad SMARTS) is 2. The summed E-state index contributed by atoms with van der Waals surface area (Å²) in [6.45, 7) is 1.86. The smallest absolute Gasteiger partial charge is 0.336 e. The van der Waals surface area contributed by atoms with E-state index in [0.29, 0.717) is 17.7 Å². The van der Waals surface area contributed by atoms with Gasteiger partial charge in [-0.1, -0.05) is 36.4 Å². The van der Waals surface area contributed by atoms with Crippen LogP contribution in [0.15, 0.2) is 61.2 Å². The summed E-state index contributed by atoms with van der Waals surface area (Å²) in [5.74, 6) is -2.32. The zero-order chi connectivity index (χ0) is 30.8. The standard InChI is InChI=1S/C29H28N6O9/c1-2-30-29(40)34-23-20-24(32-13-31-23)35(14-33-20)25-22-21(43-28(44-22)15-7-4-3-5-8-15)19(42-25)12-41-11-18-16(26(36)37)9-6-10-17(18)27(38)39/h3-10,13-14,19,21-22,25,28H,2,11-12H2,1H3,(H,36,37)(H,38,39)(H2,30,31,32,34,40)/t19?,21?,22?,25?,28-/m0/s1. The third-order valence-corrected chi connectivity index (χ3v) is 7.29. The van der Waals surface area contributed by atoms with E-state index in [1.165, 1.54) is 30.9 Å². The quantitative estimate of drug-likeness (QED) is 0.207. The molecule has 0 spiro atoms.